The standard InChI is InChI=1S/C44H52N2O21/c1-20(47)45-35-38(62-24(5)51)36(67-43-40(64-26(7)53)39(63-25(6)52)37(61-23(4)50)34(66-43)19-58-22(3)49)33(18-57-21(2)48)65-42(35)59-17-32(41(54)55)46-44(56)60-16-31-29-14-10-8-12-27(29)28-13-9-11-15-30(28)31/h8-15,31-40,42-43H,16-19H2,1-7H3,(H,45,47)(H,46,56)(H,54,55)/t32-,33-,34+,35+,36-,37+,38-,39-,40+,42+,43-/m1/s1. The van der Waals surface area contributed by atoms with Crippen LogP contribution in [0, 0.1) is 0 Å². The Morgan fingerprint density at radius 1 is 0.567 bits per heavy atom. The molecule has 2 aromatic carbocycles. The van der Waals surface area contributed by atoms with Crippen LogP contribution in [0.4, 0.5) is 4.79 Å². The molecule has 3 aliphatic rings. The zero-order chi connectivity index (χ0) is 49.1. The Balaban J connectivity index is 1.43. The Hall–Kier alpha value is -6.69. The van der Waals surface area contributed by atoms with Crippen molar-refractivity contribution in [2.24, 2.45) is 0 Å². The fraction of sp³-hybridized carbons (Fsp3) is 0.523. The van der Waals surface area contributed by atoms with E-state index in [0.717, 1.165) is 70.7 Å². The average molecular weight is 945 g/mol. The first kappa shape index (κ1) is 51.3. The molecule has 23 nitrogen and oxygen atoms in total. The zero-order valence-corrected chi connectivity index (χ0v) is 37.5. The summed E-state index contributed by atoms with van der Waals surface area (Å²) in [6.45, 7) is 4.90. The first-order valence-electron chi connectivity index (χ1n) is 20.9. The van der Waals surface area contributed by atoms with Crippen LogP contribution in [0.1, 0.15) is 65.5 Å². The second-order valence-electron chi connectivity index (χ2n) is 15.5. The smallest absolute Gasteiger partial charge is 0.407 e. The van der Waals surface area contributed by atoms with E-state index in [4.69, 9.17) is 52.1 Å². The predicted molar refractivity (Wildman–Crippen MR) is 221 cm³/mol. The minimum absolute atomic E-state index is 0.147. The Morgan fingerprint density at radius 2 is 1.04 bits per heavy atom. The molecule has 5 rings (SSSR count). The van der Waals surface area contributed by atoms with Crippen LogP contribution in [0.25, 0.3) is 11.1 Å². The van der Waals surface area contributed by atoms with E-state index < -0.39 is 141 Å². The van der Waals surface area contributed by atoms with Gasteiger partial charge in [-0.2, -0.15) is 0 Å². The maximum Gasteiger partial charge on any atom is 0.407 e. The Labute approximate surface area is 383 Å². The van der Waals surface area contributed by atoms with Gasteiger partial charge in [0, 0.05) is 54.4 Å². The van der Waals surface area contributed by atoms with Crippen LogP contribution in [0.5, 0.6) is 0 Å². The SMILES string of the molecule is CC(=O)N[C@@H]1[C@@H](OC[C@@H](NC(=O)OCC2c3ccccc3-c3ccccc32)C(=O)O)O[C@H](COC(C)=O)[C@@H](O[C@H]2O[C@@H](COC(C)=O)[C@H](OC(C)=O)[C@@H](OC(C)=O)[C@@H]2OC(C)=O)[C@@H]1OC(C)=O. The summed E-state index contributed by atoms with van der Waals surface area (Å²) in [6, 6.07) is 11.8. The third-order valence-corrected chi connectivity index (χ3v) is 10.4. The van der Waals surface area contributed by atoms with E-state index in [2.05, 4.69) is 10.6 Å². The number of rotatable bonds is 18. The molecule has 1 aliphatic carbocycles. The first-order chi connectivity index (χ1) is 31.7. The van der Waals surface area contributed by atoms with Crippen molar-refractivity contribution >= 4 is 53.8 Å². The van der Waals surface area contributed by atoms with E-state index in [9.17, 15) is 48.3 Å². The van der Waals surface area contributed by atoms with E-state index in [1.54, 1.807) is 0 Å². The molecule has 2 amide bonds. The fourth-order valence-electron chi connectivity index (χ4n) is 7.86. The Morgan fingerprint density at radius 3 is 1.55 bits per heavy atom. The van der Waals surface area contributed by atoms with Crippen molar-refractivity contribution in [2.75, 3.05) is 26.4 Å². The van der Waals surface area contributed by atoms with Crippen molar-refractivity contribution in [3.05, 3.63) is 59.7 Å². The number of fused-ring (bicyclic) bond motifs is 3. The van der Waals surface area contributed by atoms with E-state index in [-0.39, 0.29) is 12.5 Å². The topological polar surface area (TPSA) is 299 Å². The molecule has 0 spiro atoms. The molecule has 0 aromatic heterocycles. The summed E-state index contributed by atoms with van der Waals surface area (Å²) in [4.78, 5) is 113. The van der Waals surface area contributed by atoms with Gasteiger partial charge in [0.1, 0.15) is 44.2 Å². The van der Waals surface area contributed by atoms with Crippen LogP contribution in [0.2, 0.25) is 0 Å². The highest BCUT2D eigenvalue weighted by Gasteiger charge is 2.57. The van der Waals surface area contributed by atoms with Crippen LogP contribution in [0.3, 0.4) is 0 Å². The number of esters is 6. The molecule has 2 aromatic rings. The molecule has 0 saturated carbocycles. The summed E-state index contributed by atoms with van der Waals surface area (Å²) in [5, 5.41) is 14.9. The van der Waals surface area contributed by atoms with Crippen LogP contribution in [-0.2, 0) is 90.5 Å². The zero-order valence-electron chi connectivity index (χ0n) is 37.5. The molecule has 11 atom stereocenters. The number of amides is 2. The van der Waals surface area contributed by atoms with Gasteiger partial charge in [0.2, 0.25) is 5.91 Å². The first-order valence-corrected chi connectivity index (χ1v) is 20.9. The minimum atomic E-state index is -1.90. The molecule has 0 radical (unpaired) electrons. The lowest BCUT2D eigenvalue weighted by Crippen LogP contribution is -2.69. The Kier molecular flexibility index (Phi) is 17.7. The number of aliphatic carboxylic acids is 1. The number of alkyl carbamates (subject to hydrolysis) is 1. The molecule has 0 unspecified atom stereocenters. The molecule has 364 valence electrons. The highest BCUT2D eigenvalue weighted by molar-refractivity contribution is 5.81. The van der Waals surface area contributed by atoms with Gasteiger partial charge in [0.05, 0.1) is 6.61 Å². The monoisotopic (exact) mass is 944 g/mol. The summed E-state index contributed by atoms with van der Waals surface area (Å²) in [6.07, 6.45) is -16.3. The molecular weight excluding hydrogens is 892 g/mol. The molecule has 67 heavy (non-hydrogen) atoms. The van der Waals surface area contributed by atoms with Gasteiger partial charge in [-0.25, -0.2) is 9.59 Å². The number of hydrogen-bond donors (Lipinski definition) is 3. The van der Waals surface area contributed by atoms with Gasteiger partial charge in [-0.05, 0) is 22.3 Å². The predicted octanol–water partition coefficient (Wildman–Crippen LogP) is 1.19. The summed E-state index contributed by atoms with van der Waals surface area (Å²) >= 11 is 0. The Bertz CT molecular complexity index is 2140. The van der Waals surface area contributed by atoms with Gasteiger partial charge in [0.15, 0.2) is 43.0 Å². The van der Waals surface area contributed by atoms with Crippen molar-refractivity contribution in [2.45, 2.75) is 122 Å². The molecule has 0 bridgehead atoms. The number of carbonyl (C=O) groups excluding carboxylic acids is 8. The van der Waals surface area contributed by atoms with Gasteiger partial charge >= 0.3 is 47.9 Å². The molecular formula is C44H52N2O21. The van der Waals surface area contributed by atoms with E-state index >= 15 is 0 Å². The minimum Gasteiger partial charge on any atom is -0.480 e. The van der Waals surface area contributed by atoms with E-state index in [1.165, 1.54) is 0 Å². The number of ether oxygens (including phenoxy) is 11. The quantitative estimate of drug-likeness (QED) is 0.140. The van der Waals surface area contributed by atoms with Crippen molar-refractivity contribution in [1.82, 2.24) is 10.6 Å². The van der Waals surface area contributed by atoms with Crippen molar-refractivity contribution < 1.29 is 100 Å². The van der Waals surface area contributed by atoms with Gasteiger partial charge in [-0.15, -0.1) is 0 Å². The number of carbonyl (C=O) groups is 9. The molecule has 2 fully saturated rings. The van der Waals surface area contributed by atoms with Crippen molar-refractivity contribution in [3.8, 4) is 11.1 Å². The van der Waals surface area contributed by atoms with E-state index in [1.807, 2.05) is 48.5 Å². The molecule has 3 N–H and O–H groups in total. The highest BCUT2D eigenvalue weighted by Crippen LogP contribution is 2.44. The average Bonchev–Trinajstić information content (AvgIpc) is 3.56. The molecule has 2 saturated heterocycles. The lowest BCUT2D eigenvalue weighted by Gasteiger charge is -2.49. The maximum atomic E-state index is 13.2. The summed E-state index contributed by atoms with van der Waals surface area (Å²) in [5.41, 5.74) is 3.76. The van der Waals surface area contributed by atoms with Crippen LogP contribution >= 0.6 is 0 Å². The third kappa shape index (κ3) is 13.7. The number of hydrogen-bond acceptors (Lipinski definition) is 20. The van der Waals surface area contributed by atoms with Crippen molar-refractivity contribution in [3.63, 3.8) is 0 Å². The summed E-state index contributed by atoms with van der Waals surface area (Å²) in [5.74, 6) is -8.10. The van der Waals surface area contributed by atoms with Gasteiger partial charge in [-0.3, -0.25) is 33.6 Å². The number of nitrogens with one attached hydrogen (secondary N) is 2. The molecule has 2 aliphatic heterocycles. The second kappa shape index (κ2) is 23.2. The van der Waals surface area contributed by atoms with Crippen molar-refractivity contribution in [1.29, 1.82) is 0 Å². The van der Waals surface area contributed by atoms with Gasteiger partial charge < -0.3 is 67.8 Å². The largest absolute Gasteiger partial charge is 0.480 e. The number of carboxylic acids is 1. The lowest BCUT2D eigenvalue weighted by atomic mass is 9.94. The second-order valence-corrected chi connectivity index (χ2v) is 15.5. The maximum absolute atomic E-state index is 13.2. The van der Waals surface area contributed by atoms with Gasteiger partial charge in [-0.1, -0.05) is 48.5 Å². The number of benzene rings is 2. The lowest BCUT2D eigenvalue weighted by molar-refractivity contribution is -0.350. The molecule has 23 heteroatoms. The summed E-state index contributed by atoms with van der Waals surface area (Å²) in [7, 11) is 0. The van der Waals surface area contributed by atoms with Crippen LogP contribution in [0.15, 0.2) is 48.5 Å². The molecule has 2 heterocycles. The summed E-state index contributed by atoms with van der Waals surface area (Å²) < 4.78 is 62.5. The van der Waals surface area contributed by atoms with Gasteiger partial charge in [0.25, 0.3) is 0 Å². The van der Waals surface area contributed by atoms with Crippen LogP contribution in [-0.4, -0.2) is 153 Å². The van der Waals surface area contributed by atoms with E-state index in [0.29, 0.717) is 0 Å². The normalized spacial score (nSPS) is 25.7. The van der Waals surface area contributed by atoms with Crippen LogP contribution < -0.4 is 10.6 Å². The fourth-order valence-corrected chi connectivity index (χ4v) is 7.86. The highest BCUT2D eigenvalue weighted by atomic mass is 16.8. The third-order valence-electron chi connectivity index (χ3n) is 10.4. The number of carboxylic acid groups (broad SMARTS) is 1.